The van der Waals surface area contributed by atoms with Crippen LogP contribution in [0.25, 0.3) is 0 Å². The zero-order chi connectivity index (χ0) is 14.0. The lowest BCUT2D eigenvalue weighted by Gasteiger charge is -2.31. The van der Waals surface area contributed by atoms with Crippen molar-refractivity contribution in [1.82, 2.24) is 0 Å². The molecule has 0 unspecified atom stereocenters. The van der Waals surface area contributed by atoms with E-state index in [1.54, 1.807) is 0 Å². The van der Waals surface area contributed by atoms with Crippen molar-refractivity contribution < 1.29 is 0 Å². The van der Waals surface area contributed by atoms with E-state index in [1.807, 2.05) is 0 Å². The molecular weight excluding hydrogens is 230 g/mol. The van der Waals surface area contributed by atoms with E-state index in [-0.39, 0.29) is 0 Å². The zero-order valence-corrected chi connectivity index (χ0v) is 12.6. The van der Waals surface area contributed by atoms with Crippen LogP contribution in [-0.4, -0.2) is 6.04 Å². The van der Waals surface area contributed by atoms with Crippen molar-refractivity contribution in [2.75, 3.05) is 4.90 Å². The number of anilines is 2. The lowest BCUT2D eigenvalue weighted by Crippen LogP contribution is -2.26. The smallest absolute Gasteiger partial charge is 0.0442 e. The van der Waals surface area contributed by atoms with E-state index >= 15 is 0 Å². The molecule has 0 aromatic heterocycles. The van der Waals surface area contributed by atoms with E-state index < -0.39 is 0 Å². The Morgan fingerprint density at radius 3 is 1.95 bits per heavy atom. The highest BCUT2D eigenvalue weighted by Crippen LogP contribution is 2.31. The quantitative estimate of drug-likeness (QED) is 0.730. The van der Waals surface area contributed by atoms with Gasteiger partial charge >= 0.3 is 0 Å². The zero-order valence-electron chi connectivity index (χ0n) is 12.6. The summed E-state index contributed by atoms with van der Waals surface area (Å²) in [4.78, 5) is 2.41. The number of benzene rings is 2. The first kappa shape index (κ1) is 13.7. The van der Waals surface area contributed by atoms with Crippen molar-refractivity contribution in [2.24, 2.45) is 0 Å². The van der Waals surface area contributed by atoms with Crippen LogP contribution in [0.2, 0.25) is 0 Å². The second-order valence-corrected chi connectivity index (χ2v) is 5.60. The van der Waals surface area contributed by atoms with Gasteiger partial charge in [-0.1, -0.05) is 24.3 Å². The molecule has 0 N–H and O–H groups in total. The maximum atomic E-state index is 2.41. The van der Waals surface area contributed by atoms with Gasteiger partial charge < -0.3 is 4.90 Å². The van der Waals surface area contributed by atoms with Crippen molar-refractivity contribution in [1.29, 1.82) is 0 Å². The number of hydrogen-bond donors (Lipinski definition) is 0. The summed E-state index contributed by atoms with van der Waals surface area (Å²) in [5, 5.41) is 0. The van der Waals surface area contributed by atoms with Crippen molar-refractivity contribution in [3.05, 3.63) is 59.2 Å². The summed E-state index contributed by atoms with van der Waals surface area (Å²) in [7, 11) is 0. The molecular formula is C18H23N. The Morgan fingerprint density at radius 2 is 1.42 bits per heavy atom. The van der Waals surface area contributed by atoms with E-state index in [4.69, 9.17) is 0 Å². The van der Waals surface area contributed by atoms with E-state index in [9.17, 15) is 0 Å². The van der Waals surface area contributed by atoms with Crippen LogP contribution >= 0.6 is 0 Å². The minimum absolute atomic E-state index is 0.433. The summed E-state index contributed by atoms with van der Waals surface area (Å²) in [5.74, 6) is 0. The molecule has 2 aromatic carbocycles. The van der Waals surface area contributed by atoms with Crippen LogP contribution in [0, 0.1) is 20.8 Å². The lowest BCUT2D eigenvalue weighted by atomic mass is 10.1. The van der Waals surface area contributed by atoms with Crippen LogP contribution in [-0.2, 0) is 0 Å². The first-order chi connectivity index (χ1) is 8.99. The molecule has 1 heteroatoms. The molecule has 0 spiro atoms. The number of hydrogen-bond acceptors (Lipinski definition) is 1. The second-order valence-electron chi connectivity index (χ2n) is 5.60. The molecule has 19 heavy (non-hydrogen) atoms. The fourth-order valence-corrected chi connectivity index (χ4v) is 2.64. The summed E-state index contributed by atoms with van der Waals surface area (Å²) >= 11 is 0. The third kappa shape index (κ3) is 2.98. The highest BCUT2D eigenvalue weighted by molar-refractivity contribution is 5.68. The largest absolute Gasteiger partial charge is 0.339 e. The van der Waals surface area contributed by atoms with Gasteiger partial charge in [-0.3, -0.25) is 0 Å². The summed E-state index contributed by atoms with van der Waals surface area (Å²) in [6.07, 6.45) is 0. The molecule has 0 fully saturated rings. The van der Waals surface area contributed by atoms with Gasteiger partial charge in [-0.15, -0.1) is 0 Å². The SMILES string of the molecule is Cc1cc(C)cc(N(c2ccccc2C)C(C)C)c1. The molecule has 0 radical (unpaired) electrons. The third-order valence-electron chi connectivity index (χ3n) is 3.38. The Hall–Kier alpha value is -1.76. The normalized spacial score (nSPS) is 10.8. The summed E-state index contributed by atoms with van der Waals surface area (Å²) in [6, 6.07) is 15.8. The highest BCUT2D eigenvalue weighted by Gasteiger charge is 2.15. The molecule has 0 atom stereocenters. The first-order valence-corrected chi connectivity index (χ1v) is 6.92. The summed E-state index contributed by atoms with van der Waals surface area (Å²) < 4.78 is 0. The van der Waals surface area contributed by atoms with Crippen molar-refractivity contribution in [2.45, 2.75) is 40.7 Å². The Bertz CT molecular complexity index is 549. The minimum atomic E-state index is 0.433. The fourth-order valence-electron chi connectivity index (χ4n) is 2.64. The molecule has 2 rings (SSSR count). The molecule has 0 heterocycles. The van der Waals surface area contributed by atoms with Crippen LogP contribution in [0.5, 0.6) is 0 Å². The molecule has 2 aromatic rings. The van der Waals surface area contributed by atoms with E-state index in [2.05, 4.69) is 82.0 Å². The molecule has 100 valence electrons. The highest BCUT2D eigenvalue weighted by atomic mass is 15.2. The van der Waals surface area contributed by atoms with Gasteiger partial charge in [0.25, 0.3) is 0 Å². The van der Waals surface area contributed by atoms with Crippen LogP contribution in [0.4, 0.5) is 11.4 Å². The number of para-hydroxylation sites is 1. The van der Waals surface area contributed by atoms with Gasteiger partial charge in [0.15, 0.2) is 0 Å². The van der Waals surface area contributed by atoms with Crippen molar-refractivity contribution in [3.8, 4) is 0 Å². The predicted octanol–water partition coefficient (Wildman–Crippen LogP) is 5.16. The molecule has 0 aliphatic heterocycles. The average molecular weight is 253 g/mol. The molecule has 0 aliphatic carbocycles. The number of nitrogens with zero attached hydrogens (tertiary/aromatic N) is 1. The average Bonchev–Trinajstić information content (AvgIpc) is 2.30. The maximum Gasteiger partial charge on any atom is 0.0442 e. The topological polar surface area (TPSA) is 3.24 Å². The molecule has 0 bridgehead atoms. The standard InChI is InChI=1S/C18H23N/c1-13(2)19(18-9-7-6-8-16(18)5)17-11-14(3)10-15(4)12-17/h6-13H,1-5H3. The Balaban J connectivity index is 2.55. The van der Waals surface area contributed by atoms with Crippen LogP contribution in [0.15, 0.2) is 42.5 Å². The Morgan fingerprint density at radius 1 is 0.842 bits per heavy atom. The van der Waals surface area contributed by atoms with Crippen LogP contribution in [0.3, 0.4) is 0 Å². The summed E-state index contributed by atoms with van der Waals surface area (Å²) in [6.45, 7) is 11.0. The van der Waals surface area contributed by atoms with Gasteiger partial charge in [-0.25, -0.2) is 0 Å². The number of aryl methyl sites for hydroxylation is 3. The maximum absolute atomic E-state index is 2.41. The number of rotatable bonds is 3. The van der Waals surface area contributed by atoms with Gasteiger partial charge in [0.05, 0.1) is 0 Å². The summed E-state index contributed by atoms with van der Waals surface area (Å²) in [5.41, 5.74) is 6.52. The Kier molecular flexibility index (Phi) is 3.94. The molecule has 1 nitrogen and oxygen atoms in total. The van der Waals surface area contributed by atoms with E-state index in [1.165, 1.54) is 28.1 Å². The van der Waals surface area contributed by atoms with Crippen molar-refractivity contribution in [3.63, 3.8) is 0 Å². The van der Waals surface area contributed by atoms with Crippen molar-refractivity contribution >= 4 is 11.4 Å². The Labute approximate surface area is 116 Å². The molecule has 0 aliphatic rings. The predicted molar refractivity (Wildman–Crippen MR) is 84.4 cm³/mol. The minimum Gasteiger partial charge on any atom is -0.339 e. The fraction of sp³-hybridized carbons (Fsp3) is 0.333. The van der Waals surface area contributed by atoms with Gasteiger partial charge in [0.2, 0.25) is 0 Å². The van der Waals surface area contributed by atoms with Crippen LogP contribution in [0.1, 0.15) is 30.5 Å². The van der Waals surface area contributed by atoms with Gasteiger partial charge in [-0.05, 0) is 69.5 Å². The van der Waals surface area contributed by atoms with Crippen LogP contribution < -0.4 is 4.90 Å². The first-order valence-electron chi connectivity index (χ1n) is 6.92. The van der Waals surface area contributed by atoms with E-state index in [0.29, 0.717) is 6.04 Å². The lowest BCUT2D eigenvalue weighted by molar-refractivity contribution is 0.785. The molecule has 0 amide bonds. The van der Waals surface area contributed by atoms with Gasteiger partial charge in [0.1, 0.15) is 0 Å². The molecule has 0 saturated carbocycles. The third-order valence-corrected chi connectivity index (χ3v) is 3.38. The van der Waals surface area contributed by atoms with E-state index in [0.717, 1.165) is 0 Å². The second kappa shape index (κ2) is 5.48. The monoisotopic (exact) mass is 253 g/mol. The molecule has 0 saturated heterocycles. The van der Waals surface area contributed by atoms with Gasteiger partial charge in [-0.2, -0.15) is 0 Å². The van der Waals surface area contributed by atoms with Gasteiger partial charge in [0, 0.05) is 17.4 Å².